The molecule has 3 rings (SSSR count). The summed E-state index contributed by atoms with van der Waals surface area (Å²) in [7, 11) is 0. The lowest BCUT2D eigenvalue weighted by Gasteiger charge is -2.13. The first-order valence-electron chi connectivity index (χ1n) is 6.55. The average Bonchev–Trinajstić information content (AvgIpc) is 2.38. The second-order valence-electron chi connectivity index (χ2n) is 5.35. The number of halogens is 1. The number of pyridine rings is 1. The molecule has 0 unspecified atom stereocenters. The van der Waals surface area contributed by atoms with E-state index in [0.717, 1.165) is 5.39 Å². The largest absolute Gasteiger partial charge is 0.244 e. The maximum Gasteiger partial charge on any atom is 0.136 e. The Morgan fingerprint density at radius 3 is 2.53 bits per heavy atom. The van der Waals surface area contributed by atoms with Crippen LogP contribution in [-0.4, -0.2) is 4.98 Å². The average molecular weight is 270 g/mol. The van der Waals surface area contributed by atoms with Crippen LogP contribution in [0.5, 0.6) is 0 Å². The van der Waals surface area contributed by atoms with Crippen LogP contribution in [0.4, 0.5) is 0 Å². The summed E-state index contributed by atoms with van der Waals surface area (Å²) in [6.07, 6.45) is 1.77. The smallest absolute Gasteiger partial charge is 0.136 e. The zero-order valence-electron chi connectivity index (χ0n) is 11.4. The van der Waals surface area contributed by atoms with Gasteiger partial charge in [0.15, 0.2) is 0 Å². The van der Waals surface area contributed by atoms with Crippen LogP contribution in [0.2, 0.25) is 5.15 Å². The van der Waals surface area contributed by atoms with Crippen LogP contribution >= 0.6 is 11.6 Å². The monoisotopic (exact) mass is 269 g/mol. The Kier molecular flexibility index (Phi) is 2.94. The molecule has 0 amide bonds. The minimum Gasteiger partial charge on any atom is -0.244 e. The van der Waals surface area contributed by atoms with Gasteiger partial charge in [0, 0.05) is 11.6 Å². The van der Waals surface area contributed by atoms with Gasteiger partial charge in [-0.25, -0.2) is 4.98 Å². The van der Waals surface area contributed by atoms with Gasteiger partial charge in [0.2, 0.25) is 0 Å². The summed E-state index contributed by atoms with van der Waals surface area (Å²) in [4.78, 5) is 4.15. The summed E-state index contributed by atoms with van der Waals surface area (Å²) in [6.45, 7) is 6.64. The van der Waals surface area contributed by atoms with Crippen LogP contribution in [0.25, 0.3) is 21.5 Å². The molecule has 0 atom stereocenters. The normalized spacial score (nSPS) is 11.6. The second-order valence-corrected chi connectivity index (χ2v) is 5.71. The number of hydrogen-bond donors (Lipinski definition) is 0. The Hall–Kier alpha value is -1.60. The van der Waals surface area contributed by atoms with Crippen molar-refractivity contribution in [2.75, 3.05) is 0 Å². The predicted molar refractivity (Wildman–Crippen MR) is 83.1 cm³/mol. The lowest BCUT2D eigenvalue weighted by atomic mass is 9.92. The van der Waals surface area contributed by atoms with E-state index in [2.05, 4.69) is 50.0 Å². The first-order valence-corrected chi connectivity index (χ1v) is 6.93. The highest BCUT2D eigenvalue weighted by molar-refractivity contribution is 6.35. The number of nitrogens with zero attached hydrogens (tertiary/aromatic N) is 1. The Balaban J connectivity index is 2.44. The summed E-state index contributed by atoms with van der Waals surface area (Å²) in [5.74, 6) is 0.543. The molecule has 0 saturated heterocycles. The first-order chi connectivity index (χ1) is 9.08. The van der Waals surface area contributed by atoms with Gasteiger partial charge in [0.05, 0.1) is 0 Å². The van der Waals surface area contributed by atoms with Crippen molar-refractivity contribution in [1.29, 1.82) is 0 Å². The van der Waals surface area contributed by atoms with Crippen molar-refractivity contribution in [3.05, 3.63) is 52.8 Å². The third kappa shape index (κ3) is 1.98. The highest BCUT2D eigenvalue weighted by atomic mass is 35.5. The molecule has 2 heteroatoms. The van der Waals surface area contributed by atoms with Crippen LogP contribution in [-0.2, 0) is 0 Å². The van der Waals surface area contributed by atoms with E-state index in [1.165, 1.54) is 27.3 Å². The molecule has 0 radical (unpaired) electrons. The number of fused-ring (bicyclic) bond motifs is 3. The summed E-state index contributed by atoms with van der Waals surface area (Å²) in [5, 5.41) is 5.29. The molecule has 0 N–H and O–H groups in total. The molecule has 0 aliphatic rings. The van der Waals surface area contributed by atoms with Gasteiger partial charge in [-0.3, -0.25) is 0 Å². The van der Waals surface area contributed by atoms with Gasteiger partial charge in [-0.1, -0.05) is 49.7 Å². The van der Waals surface area contributed by atoms with Crippen molar-refractivity contribution < 1.29 is 0 Å². The van der Waals surface area contributed by atoms with E-state index in [1.54, 1.807) is 6.20 Å². The van der Waals surface area contributed by atoms with Gasteiger partial charge in [0.25, 0.3) is 0 Å². The van der Waals surface area contributed by atoms with Crippen molar-refractivity contribution in [1.82, 2.24) is 4.98 Å². The van der Waals surface area contributed by atoms with Crippen molar-refractivity contribution in [3.63, 3.8) is 0 Å². The highest BCUT2D eigenvalue weighted by Crippen LogP contribution is 2.32. The fraction of sp³-hybridized carbons (Fsp3) is 0.235. The maximum atomic E-state index is 6.17. The molecule has 0 saturated carbocycles. The topological polar surface area (TPSA) is 12.9 Å². The van der Waals surface area contributed by atoms with Crippen LogP contribution < -0.4 is 0 Å². The second kappa shape index (κ2) is 4.50. The molecule has 0 aliphatic carbocycles. The van der Waals surface area contributed by atoms with Crippen molar-refractivity contribution in [3.8, 4) is 0 Å². The highest BCUT2D eigenvalue weighted by Gasteiger charge is 2.09. The lowest BCUT2D eigenvalue weighted by Crippen LogP contribution is -1.92. The summed E-state index contributed by atoms with van der Waals surface area (Å²) >= 11 is 6.17. The maximum absolute atomic E-state index is 6.17. The minimum atomic E-state index is 0.543. The van der Waals surface area contributed by atoms with E-state index in [1.807, 2.05) is 6.07 Å². The molecule has 0 bridgehead atoms. The van der Waals surface area contributed by atoms with Crippen molar-refractivity contribution in [2.45, 2.75) is 26.7 Å². The molecule has 0 spiro atoms. The molecule has 1 nitrogen and oxygen atoms in total. The van der Waals surface area contributed by atoms with E-state index in [-0.39, 0.29) is 0 Å². The standard InChI is InChI=1S/C17H16ClN/c1-10(2)15-9-12-4-5-14-13(6-7-19-17(14)18)16(12)8-11(15)3/h4-10H,1-3H3. The van der Waals surface area contributed by atoms with Crippen LogP contribution in [0.1, 0.15) is 30.9 Å². The molecule has 0 aliphatic heterocycles. The molecule has 0 fully saturated rings. The minimum absolute atomic E-state index is 0.543. The molecule has 3 aromatic rings. The third-order valence-electron chi connectivity index (χ3n) is 3.72. The Labute approximate surface area is 118 Å². The SMILES string of the molecule is Cc1cc2c(ccc3c(Cl)nccc32)cc1C(C)C. The van der Waals surface area contributed by atoms with E-state index in [0.29, 0.717) is 11.1 Å². The fourth-order valence-corrected chi connectivity index (χ4v) is 2.97. The van der Waals surface area contributed by atoms with Gasteiger partial charge in [-0.05, 0) is 46.2 Å². The zero-order valence-corrected chi connectivity index (χ0v) is 12.1. The molecule has 19 heavy (non-hydrogen) atoms. The first kappa shape index (κ1) is 12.4. The van der Waals surface area contributed by atoms with Gasteiger partial charge >= 0.3 is 0 Å². The number of aryl methyl sites for hydroxylation is 1. The zero-order chi connectivity index (χ0) is 13.6. The van der Waals surface area contributed by atoms with E-state index < -0.39 is 0 Å². The van der Waals surface area contributed by atoms with Gasteiger partial charge < -0.3 is 0 Å². The predicted octanol–water partition coefficient (Wildman–Crippen LogP) is 5.47. The molecular formula is C17H16ClN. The third-order valence-corrected chi connectivity index (χ3v) is 4.02. The van der Waals surface area contributed by atoms with Crippen LogP contribution in [0.15, 0.2) is 36.5 Å². The fourth-order valence-electron chi connectivity index (χ4n) is 2.75. The molecular weight excluding hydrogens is 254 g/mol. The van der Waals surface area contributed by atoms with Gasteiger partial charge in [0.1, 0.15) is 5.15 Å². The van der Waals surface area contributed by atoms with E-state index >= 15 is 0 Å². The summed E-state index contributed by atoms with van der Waals surface area (Å²) in [5.41, 5.74) is 2.75. The molecule has 1 heterocycles. The van der Waals surface area contributed by atoms with E-state index in [9.17, 15) is 0 Å². The molecule has 2 aromatic carbocycles. The number of hydrogen-bond acceptors (Lipinski definition) is 1. The quantitative estimate of drug-likeness (QED) is 0.421. The Morgan fingerprint density at radius 1 is 1.00 bits per heavy atom. The summed E-state index contributed by atoms with van der Waals surface area (Å²) < 4.78 is 0. The Bertz CT molecular complexity index is 775. The summed E-state index contributed by atoms with van der Waals surface area (Å²) in [6, 6.07) is 10.8. The Morgan fingerprint density at radius 2 is 1.79 bits per heavy atom. The van der Waals surface area contributed by atoms with Crippen molar-refractivity contribution >= 4 is 33.1 Å². The molecule has 1 aromatic heterocycles. The van der Waals surface area contributed by atoms with Crippen LogP contribution in [0.3, 0.4) is 0 Å². The number of aromatic nitrogens is 1. The van der Waals surface area contributed by atoms with Crippen LogP contribution in [0, 0.1) is 6.92 Å². The number of benzene rings is 2. The number of rotatable bonds is 1. The van der Waals surface area contributed by atoms with Gasteiger partial charge in [-0.15, -0.1) is 0 Å². The lowest BCUT2D eigenvalue weighted by molar-refractivity contribution is 0.859. The molecule has 96 valence electrons. The van der Waals surface area contributed by atoms with E-state index in [4.69, 9.17) is 11.6 Å². The van der Waals surface area contributed by atoms with Gasteiger partial charge in [-0.2, -0.15) is 0 Å². The van der Waals surface area contributed by atoms with Crippen molar-refractivity contribution in [2.24, 2.45) is 0 Å².